The summed E-state index contributed by atoms with van der Waals surface area (Å²) in [7, 11) is 1.99. The monoisotopic (exact) mass is 342 g/mol. The van der Waals surface area contributed by atoms with Gasteiger partial charge in [0.05, 0.1) is 25.4 Å². The summed E-state index contributed by atoms with van der Waals surface area (Å²) < 4.78 is 16.4. The maximum Gasteiger partial charge on any atom is 0.303 e. The molecule has 1 aliphatic carbocycles. The fraction of sp³-hybridized carbons (Fsp3) is 0.722. The summed E-state index contributed by atoms with van der Waals surface area (Å²) in [6.07, 6.45) is 2.10. The van der Waals surface area contributed by atoms with E-state index in [0.717, 1.165) is 0 Å². The largest absolute Gasteiger partial charge is 0.453 e. The zero-order valence-electron chi connectivity index (χ0n) is 15.1. The third kappa shape index (κ3) is 3.66. The lowest BCUT2D eigenvalue weighted by Crippen LogP contribution is -2.48. The van der Waals surface area contributed by atoms with Gasteiger partial charge in [-0.2, -0.15) is 10.5 Å². The fourth-order valence-corrected chi connectivity index (χ4v) is 3.83. The first-order valence-corrected chi connectivity index (χ1v) is 8.53. The smallest absolute Gasteiger partial charge is 0.303 e. The molecule has 0 aromatic rings. The van der Waals surface area contributed by atoms with E-state index < -0.39 is 22.5 Å². The highest BCUT2D eigenvalue weighted by molar-refractivity contribution is 6.16. The molecule has 1 heterocycles. The maximum atomic E-state index is 10.8. The van der Waals surface area contributed by atoms with Crippen LogP contribution in [-0.2, 0) is 19.0 Å². The maximum absolute atomic E-state index is 10.8. The van der Waals surface area contributed by atoms with E-state index >= 15 is 0 Å². The second-order valence-corrected chi connectivity index (χ2v) is 7.07. The number of nitriles is 2. The van der Waals surface area contributed by atoms with Gasteiger partial charge in [-0.1, -0.05) is 18.8 Å². The van der Waals surface area contributed by atoms with Crippen LogP contribution in [0, 0.1) is 45.8 Å². The molecule has 2 fully saturated rings. The topological polar surface area (TPSA) is 92.3 Å². The van der Waals surface area contributed by atoms with Gasteiger partial charge in [0.15, 0.2) is 17.8 Å². The Morgan fingerprint density at radius 3 is 2.44 bits per heavy atom. The van der Waals surface area contributed by atoms with E-state index in [9.17, 15) is 15.3 Å². The highest BCUT2D eigenvalue weighted by Gasteiger charge is 2.57. The van der Waals surface area contributed by atoms with Crippen molar-refractivity contribution in [3.05, 3.63) is 0 Å². The molecule has 0 radical (unpaired) electrons. The Balaban J connectivity index is 2.16. The van der Waals surface area contributed by atoms with Crippen molar-refractivity contribution in [1.29, 1.82) is 10.5 Å². The highest BCUT2D eigenvalue weighted by atomic mass is 16.7. The van der Waals surface area contributed by atoms with Crippen molar-refractivity contribution in [3.8, 4) is 24.0 Å². The van der Waals surface area contributed by atoms with Crippen LogP contribution in [0.1, 0.15) is 39.5 Å². The van der Waals surface area contributed by atoms with Crippen LogP contribution in [0.5, 0.6) is 0 Å². The molecular formula is C18H23BN2O4. The van der Waals surface area contributed by atoms with Crippen molar-refractivity contribution in [2.75, 3.05) is 19.8 Å². The quantitative estimate of drug-likeness (QED) is 0.436. The summed E-state index contributed by atoms with van der Waals surface area (Å²) in [5, 5.41) is 19.1. The van der Waals surface area contributed by atoms with E-state index in [1.807, 2.05) is 14.8 Å². The van der Waals surface area contributed by atoms with E-state index in [4.69, 9.17) is 14.2 Å². The zero-order chi connectivity index (χ0) is 18.6. The predicted octanol–water partition coefficient (Wildman–Crippen LogP) is 1.33. The number of hydrogen-bond donors (Lipinski definition) is 0. The van der Waals surface area contributed by atoms with Gasteiger partial charge < -0.3 is 14.2 Å². The van der Waals surface area contributed by atoms with Crippen LogP contribution < -0.4 is 0 Å². The van der Waals surface area contributed by atoms with Gasteiger partial charge in [0.25, 0.3) is 0 Å². The van der Waals surface area contributed by atoms with Crippen LogP contribution in [0.2, 0.25) is 5.31 Å². The minimum atomic E-state index is -1.23. The Bertz CT molecular complexity index is 649. The predicted molar refractivity (Wildman–Crippen MR) is 91.6 cm³/mol. The Morgan fingerprint density at radius 1 is 1.28 bits per heavy atom. The number of rotatable bonds is 3. The van der Waals surface area contributed by atoms with E-state index in [-0.39, 0.29) is 18.9 Å². The van der Waals surface area contributed by atoms with E-state index in [2.05, 4.69) is 24.0 Å². The average molecular weight is 342 g/mol. The second-order valence-electron chi connectivity index (χ2n) is 7.07. The molecule has 0 bridgehead atoms. The van der Waals surface area contributed by atoms with E-state index in [1.165, 1.54) is 6.92 Å². The normalized spacial score (nSPS) is 27.6. The van der Waals surface area contributed by atoms with Crippen molar-refractivity contribution in [1.82, 2.24) is 0 Å². The molecule has 1 saturated heterocycles. The van der Waals surface area contributed by atoms with Crippen LogP contribution in [0.4, 0.5) is 0 Å². The Kier molecular flexibility index (Phi) is 5.78. The van der Waals surface area contributed by atoms with Gasteiger partial charge in [-0.05, 0) is 17.7 Å². The van der Waals surface area contributed by atoms with Crippen LogP contribution in [0.15, 0.2) is 0 Å². The lowest BCUT2D eigenvalue weighted by molar-refractivity contribution is -0.194. The zero-order valence-corrected chi connectivity index (χ0v) is 15.1. The third-order valence-corrected chi connectivity index (χ3v) is 5.73. The number of hydrogen-bond acceptors (Lipinski definition) is 6. The summed E-state index contributed by atoms with van der Waals surface area (Å²) in [5.74, 6) is 4.67. The van der Waals surface area contributed by atoms with Gasteiger partial charge in [0.2, 0.25) is 0 Å². The van der Waals surface area contributed by atoms with Crippen LogP contribution >= 0.6 is 0 Å². The van der Waals surface area contributed by atoms with Gasteiger partial charge in [-0.3, -0.25) is 4.79 Å². The molecule has 25 heavy (non-hydrogen) atoms. The standard InChI is InChI=1S/C18H23BN2O4/c1-14-11-17(24-9-10-25-17)6-7-18(14,19)16(12-20,13-21)5-3-4-8-23-15(2)22/h14H,5-11,19H2,1-2H3/t14-,18?/m1/s1. The van der Waals surface area contributed by atoms with Crippen molar-refractivity contribution >= 4 is 13.8 Å². The first-order valence-electron chi connectivity index (χ1n) is 8.53. The van der Waals surface area contributed by atoms with Crippen LogP contribution in [0.25, 0.3) is 0 Å². The second kappa shape index (κ2) is 7.48. The first-order chi connectivity index (χ1) is 11.8. The van der Waals surface area contributed by atoms with Gasteiger partial charge >= 0.3 is 5.97 Å². The molecule has 1 saturated carbocycles. The summed E-state index contributed by atoms with van der Waals surface area (Å²) in [6.45, 7) is 4.50. The summed E-state index contributed by atoms with van der Waals surface area (Å²) >= 11 is 0. The molecule has 1 aliphatic heterocycles. The highest BCUT2D eigenvalue weighted by Crippen LogP contribution is 2.60. The fourth-order valence-electron chi connectivity index (χ4n) is 3.83. The number of esters is 1. The number of ether oxygens (including phenoxy) is 3. The van der Waals surface area contributed by atoms with Gasteiger partial charge in [-0.15, -0.1) is 0 Å². The summed E-state index contributed by atoms with van der Waals surface area (Å²) in [5.41, 5.74) is -1.23. The molecule has 0 amide bonds. The van der Waals surface area contributed by atoms with Crippen molar-refractivity contribution in [2.45, 2.75) is 50.6 Å². The Labute approximate surface area is 149 Å². The SMILES string of the molecule is BC1(C(C#N)(C#N)CC#CCOC(C)=O)CCC2(C[C@H]1C)OCCO2. The molecule has 0 aromatic carbocycles. The molecule has 2 atom stereocenters. The first kappa shape index (κ1) is 19.3. The van der Waals surface area contributed by atoms with Crippen LogP contribution in [0.3, 0.4) is 0 Å². The summed E-state index contributed by atoms with van der Waals surface area (Å²) in [4.78, 5) is 10.8. The molecule has 1 unspecified atom stereocenters. The number of carbonyl (C=O) groups is 1. The minimum absolute atomic E-state index is 0.0284. The molecule has 0 aromatic heterocycles. The molecular weight excluding hydrogens is 319 g/mol. The summed E-state index contributed by atoms with van der Waals surface area (Å²) in [6, 6.07) is 4.46. The lowest BCUT2D eigenvalue weighted by atomic mass is 9.42. The molecule has 6 nitrogen and oxygen atoms in total. The minimum Gasteiger partial charge on any atom is -0.453 e. The van der Waals surface area contributed by atoms with Gasteiger partial charge in [0.1, 0.15) is 7.85 Å². The third-order valence-electron chi connectivity index (χ3n) is 5.73. The Hall–Kier alpha value is -2.01. The van der Waals surface area contributed by atoms with Crippen molar-refractivity contribution in [2.24, 2.45) is 11.3 Å². The molecule has 2 rings (SSSR count). The molecule has 2 aliphatic rings. The van der Waals surface area contributed by atoms with Gasteiger partial charge in [0, 0.05) is 26.2 Å². The lowest BCUT2D eigenvalue weighted by Gasteiger charge is -2.51. The average Bonchev–Trinajstić information content (AvgIpc) is 3.03. The van der Waals surface area contributed by atoms with E-state index in [1.54, 1.807) is 0 Å². The molecule has 1 spiro atoms. The Morgan fingerprint density at radius 2 is 1.92 bits per heavy atom. The molecule has 7 heteroatoms. The van der Waals surface area contributed by atoms with Crippen molar-refractivity contribution in [3.63, 3.8) is 0 Å². The van der Waals surface area contributed by atoms with Crippen LogP contribution in [-0.4, -0.2) is 39.4 Å². The van der Waals surface area contributed by atoms with Gasteiger partial charge in [-0.25, -0.2) is 0 Å². The van der Waals surface area contributed by atoms with E-state index in [0.29, 0.717) is 32.5 Å². The number of nitrogens with zero attached hydrogens (tertiary/aromatic N) is 2. The molecule has 132 valence electrons. The molecule has 0 N–H and O–H groups in total. The number of carbonyl (C=O) groups excluding carboxylic acids is 1. The van der Waals surface area contributed by atoms with Crippen molar-refractivity contribution < 1.29 is 19.0 Å².